The number of nitrogens with one attached hydrogen (secondary N) is 2. The molecule has 0 bridgehead atoms. The van der Waals surface area contributed by atoms with Crippen molar-refractivity contribution in [2.24, 2.45) is 0 Å². The summed E-state index contributed by atoms with van der Waals surface area (Å²) in [5.41, 5.74) is 1.79. The third kappa shape index (κ3) is 3.35. The summed E-state index contributed by atoms with van der Waals surface area (Å²) in [6.07, 6.45) is 3.96. The number of hydrogen-bond acceptors (Lipinski definition) is 4. The van der Waals surface area contributed by atoms with E-state index >= 15 is 0 Å². The zero-order valence-electron chi connectivity index (χ0n) is 9.76. The molecule has 2 aromatic rings. The Morgan fingerprint density at radius 2 is 2.28 bits per heavy atom. The first kappa shape index (κ1) is 12.7. The number of aliphatic hydroxyl groups excluding tert-OH is 1. The zero-order chi connectivity index (χ0) is 12.8. The van der Waals surface area contributed by atoms with Crippen LogP contribution >= 0.6 is 12.2 Å². The summed E-state index contributed by atoms with van der Waals surface area (Å²) in [7, 11) is 0. The summed E-state index contributed by atoms with van der Waals surface area (Å²) < 4.78 is 0. The molecular formula is C12H14N4OS. The minimum Gasteiger partial charge on any atom is -0.396 e. The number of aromatic nitrogens is 2. The molecule has 0 fully saturated rings. The maximum absolute atomic E-state index is 8.67. The second-order valence-corrected chi connectivity index (χ2v) is 4.16. The number of anilines is 1. The highest BCUT2D eigenvalue weighted by atomic mass is 32.1. The topological polar surface area (TPSA) is 70.1 Å². The van der Waals surface area contributed by atoms with Crippen molar-refractivity contribution in [3.63, 3.8) is 0 Å². The molecule has 0 unspecified atom stereocenters. The van der Waals surface area contributed by atoms with Gasteiger partial charge >= 0.3 is 0 Å². The molecule has 0 aliphatic carbocycles. The van der Waals surface area contributed by atoms with Gasteiger partial charge in [-0.25, -0.2) is 9.97 Å². The van der Waals surface area contributed by atoms with Gasteiger partial charge in [-0.15, -0.1) is 0 Å². The number of aliphatic hydroxyl groups is 1. The molecule has 0 aliphatic rings. The Bertz CT molecular complexity index is 546. The van der Waals surface area contributed by atoms with Crippen LogP contribution in [-0.2, 0) is 0 Å². The van der Waals surface area contributed by atoms with E-state index in [1.54, 1.807) is 6.20 Å². The van der Waals surface area contributed by atoms with E-state index in [-0.39, 0.29) is 6.61 Å². The molecule has 18 heavy (non-hydrogen) atoms. The van der Waals surface area contributed by atoms with Crippen molar-refractivity contribution < 1.29 is 5.11 Å². The summed E-state index contributed by atoms with van der Waals surface area (Å²) in [5.74, 6) is 0. The van der Waals surface area contributed by atoms with Crippen LogP contribution in [0.2, 0.25) is 0 Å². The molecule has 6 heteroatoms. The fourth-order valence-electron chi connectivity index (χ4n) is 1.52. The number of nitrogens with zero attached hydrogens (tertiary/aromatic N) is 2. The molecule has 0 aliphatic heterocycles. The lowest BCUT2D eigenvalue weighted by molar-refractivity contribution is 0.289. The molecule has 0 atom stereocenters. The van der Waals surface area contributed by atoms with Gasteiger partial charge in [0.15, 0.2) is 5.11 Å². The van der Waals surface area contributed by atoms with E-state index < -0.39 is 0 Å². The number of benzene rings is 1. The molecule has 1 heterocycles. The van der Waals surface area contributed by atoms with E-state index in [4.69, 9.17) is 17.3 Å². The van der Waals surface area contributed by atoms with Crippen LogP contribution in [0.4, 0.5) is 5.69 Å². The quantitative estimate of drug-likeness (QED) is 0.570. The predicted molar refractivity (Wildman–Crippen MR) is 75.5 cm³/mol. The van der Waals surface area contributed by atoms with Crippen LogP contribution < -0.4 is 10.6 Å². The number of rotatable bonds is 4. The van der Waals surface area contributed by atoms with Crippen LogP contribution in [0, 0.1) is 0 Å². The van der Waals surface area contributed by atoms with Crippen molar-refractivity contribution in [2.45, 2.75) is 6.42 Å². The van der Waals surface area contributed by atoms with Crippen LogP contribution in [0.1, 0.15) is 6.42 Å². The van der Waals surface area contributed by atoms with Crippen LogP contribution in [0.25, 0.3) is 10.9 Å². The van der Waals surface area contributed by atoms with Crippen LogP contribution in [0.15, 0.2) is 30.7 Å². The highest BCUT2D eigenvalue weighted by Gasteiger charge is 1.99. The Kier molecular flexibility index (Phi) is 4.38. The Morgan fingerprint density at radius 3 is 3.11 bits per heavy atom. The first-order valence-corrected chi connectivity index (χ1v) is 6.06. The third-order valence-electron chi connectivity index (χ3n) is 2.38. The van der Waals surface area contributed by atoms with Gasteiger partial charge in [0.25, 0.3) is 0 Å². The van der Waals surface area contributed by atoms with E-state index in [0.29, 0.717) is 18.1 Å². The molecule has 3 N–H and O–H groups in total. The number of fused-ring (bicyclic) bond motifs is 1. The molecule has 0 radical (unpaired) electrons. The van der Waals surface area contributed by atoms with Crippen molar-refractivity contribution in [1.29, 1.82) is 0 Å². The lowest BCUT2D eigenvalue weighted by Gasteiger charge is -2.10. The highest BCUT2D eigenvalue weighted by molar-refractivity contribution is 7.80. The second-order valence-electron chi connectivity index (χ2n) is 3.75. The van der Waals surface area contributed by atoms with Crippen molar-refractivity contribution in [3.8, 4) is 0 Å². The number of hydrogen-bond donors (Lipinski definition) is 3. The molecule has 0 saturated carbocycles. The van der Waals surface area contributed by atoms with Gasteiger partial charge < -0.3 is 15.7 Å². The normalized spacial score (nSPS) is 10.3. The van der Waals surface area contributed by atoms with Gasteiger partial charge in [0.1, 0.15) is 6.33 Å². The lowest BCUT2D eigenvalue weighted by Crippen LogP contribution is -2.29. The largest absolute Gasteiger partial charge is 0.396 e. The van der Waals surface area contributed by atoms with Gasteiger partial charge in [-0.2, -0.15) is 0 Å². The van der Waals surface area contributed by atoms with Gasteiger partial charge in [-0.3, -0.25) is 0 Å². The van der Waals surface area contributed by atoms with Crippen molar-refractivity contribution in [1.82, 2.24) is 15.3 Å². The van der Waals surface area contributed by atoms with Gasteiger partial charge in [-0.1, -0.05) is 0 Å². The summed E-state index contributed by atoms with van der Waals surface area (Å²) in [6, 6.07) is 5.76. The predicted octanol–water partition coefficient (Wildman–Crippen LogP) is 1.30. The fourth-order valence-corrected chi connectivity index (χ4v) is 1.74. The van der Waals surface area contributed by atoms with Crippen LogP contribution in [0.3, 0.4) is 0 Å². The van der Waals surface area contributed by atoms with E-state index in [1.165, 1.54) is 6.33 Å². The Hall–Kier alpha value is -1.79. The molecule has 0 amide bonds. The first-order valence-electron chi connectivity index (χ1n) is 5.65. The highest BCUT2D eigenvalue weighted by Crippen LogP contribution is 2.15. The molecule has 5 nitrogen and oxygen atoms in total. The Balaban J connectivity index is 2.01. The minimum atomic E-state index is 0.156. The fraction of sp³-hybridized carbons (Fsp3) is 0.250. The number of thiocarbonyl (C=S) groups is 1. The average molecular weight is 262 g/mol. The molecular weight excluding hydrogens is 248 g/mol. The van der Waals surface area contributed by atoms with Gasteiger partial charge in [0, 0.05) is 30.4 Å². The van der Waals surface area contributed by atoms with E-state index in [2.05, 4.69) is 20.6 Å². The van der Waals surface area contributed by atoms with Gasteiger partial charge in [0.05, 0.1) is 5.52 Å². The lowest BCUT2D eigenvalue weighted by atomic mass is 10.2. The molecule has 94 valence electrons. The van der Waals surface area contributed by atoms with Crippen LogP contribution in [0.5, 0.6) is 0 Å². The summed E-state index contributed by atoms with van der Waals surface area (Å²) >= 11 is 5.14. The second kappa shape index (κ2) is 6.23. The monoisotopic (exact) mass is 262 g/mol. The summed E-state index contributed by atoms with van der Waals surface area (Å²) in [6.45, 7) is 0.807. The third-order valence-corrected chi connectivity index (χ3v) is 2.63. The average Bonchev–Trinajstić information content (AvgIpc) is 2.39. The maximum atomic E-state index is 8.67. The minimum absolute atomic E-state index is 0.156. The van der Waals surface area contributed by atoms with Crippen molar-refractivity contribution in [2.75, 3.05) is 18.5 Å². The first-order chi connectivity index (χ1) is 8.79. The molecule has 0 saturated heterocycles. The molecule has 0 spiro atoms. The summed E-state index contributed by atoms with van der Waals surface area (Å²) in [5, 5.41) is 16.3. The van der Waals surface area contributed by atoms with E-state index in [0.717, 1.165) is 16.6 Å². The Labute approximate surface area is 110 Å². The standard InChI is InChI=1S/C12H14N4OS/c17-5-1-4-14-12(18)16-10-2-3-11-9(6-10)7-13-8-15-11/h2-3,6-8,17H,1,4-5H2,(H2,14,16,18). The molecule has 1 aromatic heterocycles. The SMILES string of the molecule is OCCCNC(=S)Nc1ccc2ncncc2c1. The van der Waals surface area contributed by atoms with Crippen LogP contribution in [-0.4, -0.2) is 33.3 Å². The maximum Gasteiger partial charge on any atom is 0.170 e. The van der Waals surface area contributed by atoms with Crippen molar-refractivity contribution in [3.05, 3.63) is 30.7 Å². The van der Waals surface area contributed by atoms with E-state index in [1.807, 2.05) is 18.2 Å². The Morgan fingerprint density at radius 1 is 1.39 bits per heavy atom. The van der Waals surface area contributed by atoms with E-state index in [9.17, 15) is 0 Å². The molecule has 2 rings (SSSR count). The smallest absolute Gasteiger partial charge is 0.170 e. The van der Waals surface area contributed by atoms with Gasteiger partial charge in [0.2, 0.25) is 0 Å². The summed E-state index contributed by atoms with van der Waals surface area (Å²) in [4.78, 5) is 8.13. The zero-order valence-corrected chi connectivity index (χ0v) is 10.6. The van der Waals surface area contributed by atoms with Gasteiger partial charge in [-0.05, 0) is 36.8 Å². The van der Waals surface area contributed by atoms with Crippen molar-refractivity contribution >= 4 is 33.9 Å². The molecule has 1 aromatic carbocycles.